The normalized spacial score (nSPS) is 9.33. The van der Waals surface area contributed by atoms with Crippen molar-refractivity contribution in [2.45, 2.75) is 0 Å². The number of H-pyrrole nitrogens is 1. The van der Waals surface area contributed by atoms with Crippen molar-refractivity contribution in [3.8, 4) is 0 Å². The third-order valence-electron chi connectivity index (χ3n) is 1.62. The number of nitrogens with one attached hydrogen (secondary N) is 1. The average Bonchev–Trinajstić information content (AvgIpc) is 2.06. The monoisotopic (exact) mass is 273 g/mol. The maximum absolute atomic E-state index is 5.68. The second kappa shape index (κ2) is 3.66. The fraction of sp³-hybridized carbons (Fsp3) is 0. The van der Waals surface area contributed by atoms with Crippen molar-refractivity contribution in [3.05, 3.63) is 30.5 Å². The number of nitrogen functional groups attached to an aromatic ring is 1. The van der Waals surface area contributed by atoms with Crippen molar-refractivity contribution in [2.75, 3.05) is 5.73 Å². The van der Waals surface area contributed by atoms with Crippen molar-refractivity contribution < 1.29 is 29.1 Å². The number of nitrogens with zero attached hydrogens (tertiary/aromatic N) is 1. The van der Waals surface area contributed by atoms with Gasteiger partial charge in [0.2, 0.25) is 6.20 Å². The summed E-state index contributed by atoms with van der Waals surface area (Å²) in [5, 5.41) is 7.76. The van der Waals surface area contributed by atoms with Crippen molar-refractivity contribution in [1.29, 1.82) is 0 Å². The van der Waals surface area contributed by atoms with E-state index < -0.39 is 0 Å². The average molecular weight is 273 g/mol. The van der Waals surface area contributed by atoms with Gasteiger partial charge in [-0.25, -0.2) is 0 Å². The van der Waals surface area contributed by atoms with E-state index in [9.17, 15) is 0 Å². The number of hydrogen-bond acceptors (Lipinski definition) is 2. The minimum absolute atomic E-state index is 0. The van der Waals surface area contributed by atoms with Gasteiger partial charge in [0.15, 0.2) is 0 Å². The van der Waals surface area contributed by atoms with E-state index in [0.29, 0.717) is 0 Å². The standard InChI is InChI=1S/C8H7N3.HI/c9-7-5-10-11-8-4-2-1-3-6(7)8;/h1-5H,(H2,9,11);1H. The summed E-state index contributed by atoms with van der Waals surface area (Å²) in [7, 11) is 0. The van der Waals surface area contributed by atoms with E-state index in [1.54, 1.807) is 6.20 Å². The number of nitrogens with two attached hydrogens (primary N) is 1. The van der Waals surface area contributed by atoms with Crippen LogP contribution in [0.3, 0.4) is 0 Å². The van der Waals surface area contributed by atoms with E-state index in [1.165, 1.54) is 0 Å². The molecule has 3 N–H and O–H groups in total. The Kier molecular flexibility index (Phi) is 2.80. The molecule has 0 aliphatic heterocycles. The number of fused-ring (bicyclic) bond motifs is 1. The summed E-state index contributed by atoms with van der Waals surface area (Å²) in [6.07, 6.45) is 1.68. The van der Waals surface area contributed by atoms with Crippen molar-refractivity contribution >= 4 is 16.6 Å². The van der Waals surface area contributed by atoms with Crippen molar-refractivity contribution in [2.24, 2.45) is 0 Å². The van der Waals surface area contributed by atoms with Gasteiger partial charge in [0.1, 0.15) is 11.2 Å². The first-order chi connectivity index (χ1) is 5.38. The number of rotatable bonds is 0. The molecular weight excluding hydrogens is 265 g/mol. The molecule has 0 aliphatic carbocycles. The molecule has 0 atom stereocenters. The topological polar surface area (TPSA) is 53.0 Å². The highest BCUT2D eigenvalue weighted by atomic mass is 127. The molecule has 0 spiro atoms. The molecule has 0 bridgehead atoms. The van der Waals surface area contributed by atoms with E-state index in [1.807, 2.05) is 24.3 Å². The largest absolute Gasteiger partial charge is 1.00 e. The summed E-state index contributed by atoms with van der Waals surface area (Å²) in [5.41, 5.74) is 7.31. The second-order valence-corrected chi connectivity index (χ2v) is 2.36. The Balaban J connectivity index is 0.000000720. The molecule has 62 valence electrons. The predicted octanol–water partition coefficient (Wildman–Crippen LogP) is -2.36. The first-order valence-corrected chi connectivity index (χ1v) is 3.39. The Labute approximate surface area is 87.0 Å². The Morgan fingerprint density at radius 2 is 2.00 bits per heavy atom. The lowest BCUT2D eigenvalue weighted by Crippen LogP contribution is -3.00. The van der Waals surface area contributed by atoms with Crippen LogP contribution in [0.5, 0.6) is 0 Å². The summed E-state index contributed by atoms with van der Waals surface area (Å²) in [6, 6.07) is 7.75. The summed E-state index contributed by atoms with van der Waals surface area (Å²) >= 11 is 0. The molecular formula is C8H8IN3. The van der Waals surface area contributed by atoms with Gasteiger partial charge in [-0.1, -0.05) is 18.2 Å². The Morgan fingerprint density at radius 1 is 1.25 bits per heavy atom. The Morgan fingerprint density at radius 3 is 2.75 bits per heavy atom. The van der Waals surface area contributed by atoms with Crippen LogP contribution in [-0.4, -0.2) is 5.10 Å². The van der Waals surface area contributed by atoms with E-state index in [-0.39, 0.29) is 24.0 Å². The molecule has 12 heavy (non-hydrogen) atoms. The van der Waals surface area contributed by atoms with Crippen LogP contribution < -0.4 is 34.8 Å². The van der Waals surface area contributed by atoms with Gasteiger partial charge >= 0.3 is 0 Å². The number of para-hydroxylation sites is 1. The maximum atomic E-state index is 5.68. The first kappa shape index (κ1) is 9.18. The molecule has 0 aliphatic rings. The summed E-state index contributed by atoms with van der Waals surface area (Å²) < 4.78 is 0. The maximum Gasteiger partial charge on any atom is 0.217 e. The highest BCUT2D eigenvalue weighted by Crippen LogP contribution is 2.14. The number of halogens is 1. The third kappa shape index (κ3) is 1.47. The number of anilines is 1. The first-order valence-electron chi connectivity index (χ1n) is 3.39. The molecule has 3 nitrogen and oxygen atoms in total. The molecule has 0 amide bonds. The van der Waals surface area contributed by atoms with Crippen LogP contribution in [0.25, 0.3) is 10.9 Å². The van der Waals surface area contributed by atoms with Crippen LogP contribution in [0.2, 0.25) is 0 Å². The van der Waals surface area contributed by atoms with Crippen molar-refractivity contribution in [3.63, 3.8) is 0 Å². The zero-order chi connectivity index (χ0) is 7.68. The number of aromatic nitrogens is 2. The van der Waals surface area contributed by atoms with Crippen LogP contribution >= 0.6 is 0 Å². The smallest absolute Gasteiger partial charge is 0.217 e. The van der Waals surface area contributed by atoms with Gasteiger partial charge in [0.25, 0.3) is 0 Å². The molecule has 1 aromatic carbocycles. The molecule has 0 unspecified atom stereocenters. The highest BCUT2D eigenvalue weighted by molar-refractivity contribution is 5.88. The van der Waals surface area contributed by atoms with Crippen LogP contribution in [-0.2, 0) is 0 Å². The van der Waals surface area contributed by atoms with Gasteiger partial charge < -0.3 is 29.7 Å². The number of aromatic amines is 1. The summed E-state index contributed by atoms with van der Waals surface area (Å²) in [4.78, 5) is 0. The zero-order valence-electron chi connectivity index (χ0n) is 6.29. The minimum Gasteiger partial charge on any atom is -1.00 e. The van der Waals surface area contributed by atoms with Crippen molar-refractivity contribution in [1.82, 2.24) is 5.10 Å². The Bertz CT molecular complexity index is 383. The zero-order valence-corrected chi connectivity index (χ0v) is 8.45. The minimum atomic E-state index is 0. The van der Waals surface area contributed by atoms with Crippen LogP contribution in [0.4, 0.5) is 5.69 Å². The molecule has 1 aromatic heterocycles. The van der Waals surface area contributed by atoms with Gasteiger partial charge in [-0.05, 0) is 11.2 Å². The summed E-state index contributed by atoms with van der Waals surface area (Å²) in [6.45, 7) is 0. The molecule has 1 heterocycles. The molecule has 0 radical (unpaired) electrons. The summed E-state index contributed by atoms with van der Waals surface area (Å²) in [5.74, 6) is 0. The van der Waals surface area contributed by atoms with E-state index in [2.05, 4.69) is 10.2 Å². The molecule has 4 heteroatoms. The predicted molar refractivity (Wildman–Crippen MR) is 42.7 cm³/mol. The van der Waals surface area contributed by atoms with Gasteiger partial charge in [0, 0.05) is 5.39 Å². The van der Waals surface area contributed by atoms with Gasteiger partial charge in [-0.2, -0.15) is 0 Å². The Hall–Kier alpha value is -0.910. The number of benzene rings is 1. The molecule has 0 saturated carbocycles. The van der Waals surface area contributed by atoms with E-state index in [0.717, 1.165) is 16.6 Å². The van der Waals surface area contributed by atoms with Crippen LogP contribution in [0, 0.1) is 0 Å². The molecule has 0 fully saturated rings. The fourth-order valence-electron chi connectivity index (χ4n) is 1.06. The van der Waals surface area contributed by atoms with Gasteiger partial charge in [-0.15, -0.1) is 5.10 Å². The van der Waals surface area contributed by atoms with Crippen LogP contribution in [0.1, 0.15) is 0 Å². The van der Waals surface area contributed by atoms with Gasteiger partial charge in [0.05, 0.1) is 0 Å². The quantitative estimate of drug-likeness (QED) is 0.546. The molecule has 2 aromatic rings. The SMILES string of the molecule is Nc1c[nH+]nc2ccccc12.[I-]. The second-order valence-electron chi connectivity index (χ2n) is 2.36. The number of hydrogen-bond donors (Lipinski definition) is 1. The van der Waals surface area contributed by atoms with E-state index in [4.69, 9.17) is 5.73 Å². The lowest BCUT2D eigenvalue weighted by molar-refractivity contribution is -0.450. The third-order valence-corrected chi connectivity index (χ3v) is 1.62. The molecule has 0 saturated heterocycles. The van der Waals surface area contributed by atoms with E-state index >= 15 is 0 Å². The van der Waals surface area contributed by atoms with Gasteiger partial charge in [-0.3, -0.25) is 0 Å². The lowest BCUT2D eigenvalue weighted by atomic mass is 10.2. The highest BCUT2D eigenvalue weighted by Gasteiger charge is 1.99. The lowest BCUT2D eigenvalue weighted by Gasteiger charge is -1.92. The molecule has 2 rings (SSSR count). The van der Waals surface area contributed by atoms with Crippen LogP contribution in [0.15, 0.2) is 30.5 Å². The fourth-order valence-corrected chi connectivity index (χ4v) is 1.06.